The second-order valence-corrected chi connectivity index (χ2v) is 6.13. The minimum atomic E-state index is -1.70. The van der Waals surface area contributed by atoms with E-state index in [9.17, 15) is 35.7 Å². The summed E-state index contributed by atoms with van der Waals surface area (Å²) in [6.45, 7) is 2.22. The summed E-state index contributed by atoms with van der Waals surface area (Å²) >= 11 is 0. The van der Waals surface area contributed by atoms with Gasteiger partial charge in [0.15, 0.2) is 12.6 Å². The van der Waals surface area contributed by atoms with Gasteiger partial charge in [-0.15, -0.1) is 6.58 Å². The van der Waals surface area contributed by atoms with Crippen LogP contribution >= 0.6 is 0 Å². The molecular formula is C15H26O11. The normalized spacial score (nSPS) is 46.9. The summed E-state index contributed by atoms with van der Waals surface area (Å²) in [4.78, 5) is 0. The van der Waals surface area contributed by atoms with Crippen LogP contribution in [0.25, 0.3) is 0 Å². The molecule has 2 aliphatic rings. The first-order chi connectivity index (χ1) is 12.3. The second-order valence-electron chi connectivity index (χ2n) is 6.13. The number of ether oxygens (including phenoxy) is 4. The van der Waals surface area contributed by atoms with Crippen molar-refractivity contribution in [2.45, 2.75) is 61.4 Å². The fourth-order valence-electron chi connectivity index (χ4n) is 2.86. The lowest BCUT2D eigenvalue weighted by Crippen LogP contribution is -2.64. The minimum Gasteiger partial charge on any atom is -0.394 e. The van der Waals surface area contributed by atoms with Crippen LogP contribution in [0.3, 0.4) is 0 Å². The Bertz CT molecular complexity index is 445. The van der Waals surface area contributed by atoms with Crippen LogP contribution in [0.2, 0.25) is 0 Å². The Hall–Kier alpha value is -0.700. The molecule has 2 heterocycles. The van der Waals surface area contributed by atoms with Gasteiger partial charge in [-0.1, -0.05) is 6.08 Å². The van der Waals surface area contributed by atoms with Crippen molar-refractivity contribution < 1.29 is 54.7 Å². The number of hydrogen-bond acceptors (Lipinski definition) is 11. The fourth-order valence-corrected chi connectivity index (χ4v) is 2.86. The standard InChI is InChI=1S/C15H26O11/c1-2-3-23-14-12(22)10(20)13(7(5-17)25-14)26-15-11(21)9(19)8(18)6(4-16)24-15/h2,6-22H,1,3-5H2. The van der Waals surface area contributed by atoms with E-state index in [0.29, 0.717) is 0 Å². The molecule has 7 N–H and O–H groups in total. The Morgan fingerprint density at radius 3 is 1.92 bits per heavy atom. The van der Waals surface area contributed by atoms with Gasteiger partial charge in [-0.05, 0) is 0 Å². The lowest BCUT2D eigenvalue weighted by molar-refractivity contribution is -0.358. The van der Waals surface area contributed by atoms with E-state index >= 15 is 0 Å². The average molecular weight is 382 g/mol. The Morgan fingerprint density at radius 1 is 0.769 bits per heavy atom. The molecule has 2 saturated heterocycles. The van der Waals surface area contributed by atoms with E-state index in [1.807, 2.05) is 0 Å². The number of rotatable bonds is 7. The molecule has 26 heavy (non-hydrogen) atoms. The van der Waals surface area contributed by atoms with E-state index in [-0.39, 0.29) is 6.61 Å². The third-order valence-electron chi connectivity index (χ3n) is 4.34. The van der Waals surface area contributed by atoms with Gasteiger partial charge in [-0.25, -0.2) is 0 Å². The SMILES string of the molecule is C=CCOC1OC(CO)C(OC2OC(CO)C(O)C(O)C2O)C(O)C1O. The highest BCUT2D eigenvalue weighted by Crippen LogP contribution is 2.29. The molecule has 0 aromatic heterocycles. The summed E-state index contributed by atoms with van der Waals surface area (Å²) < 4.78 is 21.1. The van der Waals surface area contributed by atoms with E-state index in [0.717, 1.165) is 0 Å². The van der Waals surface area contributed by atoms with Gasteiger partial charge >= 0.3 is 0 Å². The molecule has 0 aliphatic carbocycles. The molecule has 152 valence electrons. The summed E-state index contributed by atoms with van der Waals surface area (Å²) in [6.07, 6.45) is -13.1. The summed E-state index contributed by atoms with van der Waals surface area (Å²) in [6, 6.07) is 0. The summed E-state index contributed by atoms with van der Waals surface area (Å²) in [5, 5.41) is 68.6. The molecule has 10 atom stereocenters. The largest absolute Gasteiger partial charge is 0.394 e. The zero-order valence-corrected chi connectivity index (χ0v) is 13.9. The highest BCUT2D eigenvalue weighted by Gasteiger charge is 2.50. The van der Waals surface area contributed by atoms with Crippen molar-refractivity contribution in [1.29, 1.82) is 0 Å². The molecule has 10 unspecified atom stereocenters. The van der Waals surface area contributed by atoms with Crippen LogP contribution in [0.5, 0.6) is 0 Å². The van der Waals surface area contributed by atoms with Crippen LogP contribution in [-0.4, -0.2) is 117 Å². The summed E-state index contributed by atoms with van der Waals surface area (Å²) in [5.41, 5.74) is 0. The van der Waals surface area contributed by atoms with Gasteiger partial charge in [0.25, 0.3) is 0 Å². The molecule has 2 aliphatic heterocycles. The van der Waals surface area contributed by atoms with Gasteiger partial charge in [-0.2, -0.15) is 0 Å². The number of aliphatic hydroxyl groups excluding tert-OH is 7. The van der Waals surface area contributed by atoms with Crippen LogP contribution in [-0.2, 0) is 18.9 Å². The van der Waals surface area contributed by atoms with E-state index in [2.05, 4.69) is 6.58 Å². The van der Waals surface area contributed by atoms with Gasteiger partial charge in [0.2, 0.25) is 0 Å². The summed E-state index contributed by atoms with van der Waals surface area (Å²) in [5.74, 6) is 0. The second kappa shape index (κ2) is 9.48. The third-order valence-corrected chi connectivity index (χ3v) is 4.34. The van der Waals surface area contributed by atoms with Crippen molar-refractivity contribution in [3.63, 3.8) is 0 Å². The molecule has 11 heteroatoms. The van der Waals surface area contributed by atoms with Gasteiger partial charge < -0.3 is 54.7 Å². The maximum Gasteiger partial charge on any atom is 0.187 e. The monoisotopic (exact) mass is 382 g/mol. The highest BCUT2D eigenvalue weighted by molar-refractivity contribution is 4.94. The van der Waals surface area contributed by atoms with E-state index in [1.54, 1.807) is 0 Å². The lowest BCUT2D eigenvalue weighted by Gasteiger charge is -2.45. The van der Waals surface area contributed by atoms with Gasteiger partial charge in [-0.3, -0.25) is 0 Å². The molecule has 0 radical (unpaired) electrons. The third kappa shape index (κ3) is 4.40. The Balaban J connectivity index is 2.10. The predicted octanol–water partition coefficient (Wildman–Crippen LogP) is -4.19. The van der Waals surface area contributed by atoms with Crippen molar-refractivity contribution >= 4 is 0 Å². The Labute approximate surface area is 149 Å². The van der Waals surface area contributed by atoms with Crippen molar-refractivity contribution in [3.8, 4) is 0 Å². The average Bonchev–Trinajstić information content (AvgIpc) is 2.64. The molecule has 0 bridgehead atoms. The molecule has 0 aromatic carbocycles. The Kier molecular flexibility index (Phi) is 7.88. The molecule has 0 spiro atoms. The van der Waals surface area contributed by atoms with Gasteiger partial charge in [0.05, 0.1) is 19.8 Å². The molecule has 2 fully saturated rings. The zero-order valence-electron chi connectivity index (χ0n) is 13.9. The first-order valence-electron chi connectivity index (χ1n) is 8.16. The summed E-state index contributed by atoms with van der Waals surface area (Å²) in [7, 11) is 0. The molecule has 11 nitrogen and oxygen atoms in total. The maximum absolute atomic E-state index is 10.3. The molecule has 2 rings (SSSR count). The van der Waals surface area contributed by atoms with E-state index < -0.39 is 74.6 Å². The minimum absolute atomic E-state index is 0.0326. The number of aliphatic hydroxyl groups is 7. The van der Waals surface area contributed by atoms with Gasteiger partial charge in [0.1, 0.15) is 48.8 Å². The topological polar surface area (TPSA) is 179 Å². The van der Waals surface area contributed by atoms with Crippen LogP contribution in [0.4, 0.5) is 0 Å². The molecular weight excluding hydrogens is 356 g/mol. The molecule has 0 aromatic rings. The first-order valence-corrected chi connectivity index (χ1v) is 8.16. The van der Waals surface area contributed by atoms with Crippen molar-refractivity contribution in [1.82, 2.24) is 0 Å². The van der Waals surface area contributed by atoms with E-state index in [1.165, 1.54) is 6.08 Å². The fraction of sp³-hybridized carbons (Fsp3) is 0.867. The smallest absolute Gasteiger partial charge is 0.187 e. The van der Waals surface area contributed by atoms with Crippen molar-refractivity contribution in [2.24, 2.45) is 0 Å². The zero-order chi connectivity index (χ0) is 19.4. The quantitative estimate of drug-likeness (QED) is 0.212. The highest BCUT2D eigenvalue weighted by atomic mass is 16.7. The van der Waals surface area contributed by atoms with E-state index in [4.69, 9.17) is 18.9 Å². The lowest BCUT2D eigenvalue weighted by atomic mass is 9.97. The van der Waals surface area contributed by atoms with Crippen LogP contribution in [0.1, 0.15) is 0 Å². The van der Waals surface area contributed by atoms with Crippen molar-refractivity contribution in [3.05, 3.63) is 12.7 Å². The Morgan fingerprint density at radius 2 is 1.35 bits per heavy atom. The van der Waals surface area contributed by atoms with Crippen LogP contribution in [0.15, 0.2) is 12.7 Å². The van der Waals surface area contributed by atoms with Gasteiger partial charge in [0, 0.05) is 0 Å². The maximum atomic E-state index is 10.3. The molecule has 0 amide bonds. The predicted molar refractivity (Wildman–Crippen MR) is 82.5 cm³/mol. The molecule has 0 saturated carbocycles. The van der Waals surface area contributed by atoms with Crippen LogP contribution < -0.4 is 0 Å². The number of hydrogen-bond donors (Lipinski definition) is 7. The van der Waals surface area contributed by atoms with Crippen molar-refractivity contribution in [2.75, 3.05) is 19.8 Å². The van der Waals surface area contributed by atoms with Crippen LogP contribution in [0, 0.1) is 0 Å². The first kappa shape index (κ1) is 21.6.